The zero-order chi connectivity index (χ0) is 19.5. The van der Waals surface area contributed by atoms with Crippen LogP contribution < -0.4 is 5.32 Å². The largest absolute Gasteiger partial charge is 0.350 e. The minimum absolute atomic E-state index is 0.241. The van der Waals surface area contributed by atoms with Gasteiger partial charge in [0.25, 0.3) is 0 Å². The average Bonchev–Trinajstić information content (AvgIpc) is 3.11. The van der Waals surface area contributed by atoms with Crippen molar-refractivity contribution >= 4 is 27.9 Å². The Morgan fingerprint density at radius 3 is 2.54 bits per heavy atom. The number of aromatic nitrogens is 3. The number of fused-ring (bicyclic) bond motifs is 1. The predicted molar refractivity (Wildman–Crippen MR) is 119 cm³/mol. The van der Waals surface area contributed by atoms with Gasteiger partial charge in [-0.1, -0.05) is 48.3 Å². The van der Waals surface area contributed by atoms with Gasteiger partial charge >= 0.3 is 0 Å². The van der Waals surface area contributed by atoms with E-state index in [4.69, 9.17) is 0 Å². The van der Waals surface area contributed by atoms with Gasteiger partial charge < -0.3 is 5.32 Å². The molecule has 2 aromatic heterocycles. The van der Waals surface area contributed by atoms with Gasteiger partial charge in [-0.2, -0.15) is 4.98 Å². The van der Waals surface area contributed by atoms with E-state index in [9.17, 15) is 0 Å². The Balaban J connectivity index is 1.52. The van der Waals surface area contributed by atoms with Crippen molar-refractivity contribution in [1.82, 2.24) is 14.6 Å². The summed E-state index contributed by atoms with van der Waals surface area (Å²) in [6, 6.07) is 23.2. The summed E-state index contributed by atoms with van der Waals surface area (Å²) < 4.78 is 1.84. The zero-order valence-corrected chi connectivity index (χ0v) is 17.0. The summed E-state index contributed by atoms with van der Waals surface area (Å²) in [6.45, 7) is 4.31. The standard InChI is InChI=1S/C23H24N4S/c1-17-9-7-8-10-19(17)15-18(2)24-23-25-22-14-13-21(16-27(22)26-23)28(3)20-11-5-4-6-12-20/h4-14,16,18H,3,15H2,1-2H3,(H,24,26). The fraction of sp³-hybridized carbons (Fsp3) is 0.174. The number of nitrogens with zero attached hydrogens (tertiary/aromatic N) is 3. The first-order valence-corrected chi connectivity index (χ1v) is 10.8. The topological polar surface area (TPSA) is 42.2 Å². The highest BCUT2D eigenvalue weighted by Crippen LogP contribution is 2.33. The Morgan fingerprint density at radius 1 is 1.00 bits per heavy atom. The highest BCUT2D eigenvalue weighted by atomic mass is 32.2. The Labute approximate surface area is 168 Å². The molecule has 2 atom stereocenters. The van der Waals surface area contributed by atoms with E-state index in [2.05, 4.69) is 77.6 Å². The lowest BCUT2D eigenvalue weighted by molar-refractivity contribution is 0.771. The van der Waals surface area contributed by atoms with E-state index < -0.39 is 0 Å². The average molecular weight is 389 g/mol. The highest BCUT2D eigenvalue weighted by molar-refractivity contribution is 8.14. The molecular weight excluding hydrogens is 364 g/mol. The molecule has 0 fully saturated rings. The van der Waals surface area contributed by atoms with Gasteiger partial charge in [0.2, 0.25) is 5.95 Å². The summed E-state index contributed by atoms with van der Waals surface area (Å²) in [4.78, 5) is 6.97. The maximum absolute atomic E-state index is 4.62. The molecule has 0 aliphatic heterocycles. The van der Waals surface area contributed by atoms with Crippen LogP contribution in [0, 0.1) is 6.92 Å². The second-order valence-corrected chi connectivity index (χ2v) is 8.71. The number of hydrogen-bond acceptors (Lipinski definition) is 3. The van der Waals surface area contributed by atoms with Crippen LogP contribution in [0.1, 0.15) is 18.1 Å². The molecule has 0 amide bonds. The second-order valence-electron chi connectivity index (χ2n) is 6.98. The lowest BCUT2D eigenvalue weighted by Crippen LogP contribution is -2.19. The molecule has 2 heterocycles. The molecule has 0 spiro atoms. The third kappa shape index (κ3) is 3.99. The van der Waals surface area contributed by atoms with Crippen LogP contribution in [-0.4, -0.2) is 26.5 Å². The minimum Gasteiger partial charge on any atom is -0.350 e. The van der Waals surface area contributed by atoms with Crippen molar-refractivity contribution in [3.8, 4) is 0 Å². The first-order chi connectivity index (χ1) is 13.6. The molecule has 28 heavy (non-hydrogen) atoms. The van der Waals surface area contributed by atoms with Crippen molar-refractivity contribution in [3.05, 3.63) is 84.1 Å². The van der Waals surface area contributed by atoms with Crippen molar-refractivity contribution in [3.63, 3.8) is 0 Å². The molecule has 2 unspecified atom stereocenters. The van der Waals surface area contributed by atoms with Crippen molar-refractivity contribution in [2.45, 2.75) is 36.1 Å². The monoisotopic (exact) mass is 388 g/mol. The number of hydrogen-bond donors (Lipinski definition) is 1. The molecule has 142 valence electrons. The molecule has 4 nitrogen and oxygen atoms in total. The molecule has 1 N–H and O–H groups in total. The van der Waals surface area contributed by atoms with Gasteiger partial charge in [-0.3, -0.25) is 0 Å². The number of benzene rings is 2. The van der Waals surface area contributed by atoms with E-state index >= 15 is 0 Å². The Bertz CT molecular complexity index is 1120. The van der Waals surface area contributed by atoms with Gasteiger partial charge in [-0.25, -0.2) is 4.52 Å². The number of rotatable bonds is 6. The summed E-state index contributed by atoms with van der Waals surface area (Å²) in [5, 5.41) is 8.06. The maximum Gasteiger partial charge on any atom is 0.243 e. The summed E-state index contributed by atoms with van der Waals surface area (Å²) in [5.41, 5.74) is 3.49. The van der Waals surface area contributed by atoms with E-state index in [-0.39, 0.29) is 16.5 Å². The molecule has 0 saturated heterocycles. The Morgan fingerprint density at radius 2 is 1.75 bits per heavy atom. The van der Waals surface area contributed by atoms with Crippen LogP contribution in [0.5, 0.6) is 0 Å². The summed E-state index contributed by atoms with van der Waals surface area (Å²) >= 11 is 0. The van der Waals surface area contributed by atoms with E-state index in [1.807, 2.05) is 35.0 Å². The molecule has 0 bridgehead atoms. The molecule has 0 aliphatic rings. The van der Waals surface area contributed by atoms with Crippen molar-refractivity contribution in [2.24, 2.45) is 0 Å². The van der Waals surface area contributed by atoms with E-state index in [0.29, 0.717) is 5.95 Å². The SMILES string of the molecule is C=S(c1ccccc1)c1ccc2nc(NC(C)Cc3ccccc3C)nn2c1. The zero-order valence-electron chi connectivity index (χ0n) is 16.2. The van der Waals surface area contributed by atoms with Gasteiger partial charge in [-0.05, 0) is 55.7 Å². The minimum atomic E-state index is -0.242. The van der Waals surface area contributed by atoms with Gasteiger partial charge in [0.1, 0.15) is 0 Å². The van der Waals surface area contributed by atoms with Gasteiger partial charge in [0.15, 0.2) is 5.65 Å². The molecule has 5 heteroatoms. The fourth-order valence-electron chi connectivity index (χ4n) is 3.23. The van der Waals surface area contributed by atoms with Crippen LogP contribution in [0.15, 0.2) is 82.7 Å². The van der Waals surface area contributed by atoms with Gasteiger partial charge in [0.05, 0.1) is 0 Å². The van der Waals surface area contributed by atoms with Crippen LogP contribution >= 0.6 is 10.5 Å². The third-order valence-corrected chi connectivity index (χ3v) is 6.43. The molecule has 0 aliphatic carbocycles. The van der Waals surface area contributed by atoms with Crippen LogP contribution in [0.2, 0.25) is 0 Å². The number of aryl methyl sites for hydroxylation is 1. The second kappa shape index (κ2) is 7.98. The smallest absolute Gasteiger partial charge is 0.243 e. The quantitative estimate of drug-likeness (QED) is 0.462. The number of anilines is 1. The predicted octanol–water partition coefficient (Wildman–Crippen LogP) is 5.20. The van der Waals surface area contributed by atoms with Crippen LogP contribution in [0.3, 0.4) is 0 Å². The Hall–Kier alpha value is -2.92. The van der Waals surface area contributed by atoms with Crippen molar-refractivity contribution < 1.29 is 0 Å². The molecular formula is C23H24N4S. The summed E-state index contributed by atoms with van der Waals surface area (Å²) in [6.07, 6.45) is 2.96. The van der Waals surface area contributed by atoms with E-state index in [1.54, 1.807) is 0 Å². The van der Waals surface area contributed by atoms with Crippen molar-refractivity contribution in [1.29, 1.82) is 0 Å². The van der Waals surface area contributed by atoms with Gasteiger partial charge in [-0.15, -0.1) is 15.6 Å². The molecule has 2 aromatic carbocycles. The Kier molecular flexibility index (Phi) is 5.26. The van der Waals surface area contributed by atoms with Crippen LogP contribution in [0.4, 0.5) is 5.95 Å². The first-order valence-electron chi connectivity index (χ1n) is 9.36. The van der Waals surface area contributed by atoms with Gasteiger partial charge in [0, 0.05) is 22.0 Å². The molecule has 4 aromatic rings. The van der Waals surface area contributed by atoms with E-state index in [0.717, 1.165) is 17.0 Å². The highest BCUT2D eigenvalue weighted by Gasteiger charge is 2.10. The van der Waals surface area contributed by atoms with Crippen LogP contribution in [-0.2, 0) is 6.42 Å². The lowest BCUT2D eigenvalue weighted by atomic mass is 10.0. The molecule has 0 radical (unpaired) electrons. The normalized spacial score (nSPS) is 13.4. The molecule has 4 rings (SSSR count). The number of pyridine rings is 1. The summed E-state index contributed by atoms with van der Waals surface area (Å²) in [7, 11) is -0.242. The van der Waals surface area contributed by atoms with Crippen LogP contribution in [0.25, 0.3) is 5.65 Å². The maximum atomic E-state index is 4.62. The first kappa shape index (κ1) is 18.4. The van der Waals surface area contributed by atoms with Crippen molar-refractivity contribution in [2.75, 3.05) is 5.32 Å². The fourth-order valence-corrected chi connectivity index (χ4v) is 4.45. The lowest BCUT2D eigenvalue weighted by Gasteiger charge is -2.13. The third-order valence-electron chi connectivity index (χ3n) is 4.78. The van der Waals surface area contributed by atoms with E-state index in [1.165, 1.54) is 16.0 Å². The number of nitrogens with one attached hydrogen (secondary N) is 1. The summed E-state index contributed by atoms with van der Waals surface area (Å²) in [5.74, 6) is 5.00. The molecule has 0 saturated carbocycles.